The first-order valence-electron chi connectivity index (χ1n) is 4.87. The molecule has 0 amide bonds. The molecule has 1 aliphatic heterocycles. The van der Waals surface area contributed by atoms with Crippen LogP contribution in [0.2, 0.25) is 0 Å². The normalized spacial score (nSPS) is 20.2. The third-order valence-electron chi connectivity index (χ3n) is 2.75. The molecule has 0 saturated carbocycles. The van der Waals surface area contributed by atoms with Crippen molar-refractivity contribution in [3.63, 3.8) is 0 Å². The maximum absolute atomic E-state index is 13.4. The summed E-state index contributed by atoms with van der Waals surface area (Å²) in [6, 6.07) is 3.25. The number of hydrogen-bond acceptors (Lipinski definition) is 2. The van der Waals surface area contributed by atoms with Crippen LogP contribution in [-0.4, -0.2) is 18.3 Å². The van der Waals surface area contributed by atoms with Gasteiger partial charge in [0, 0.05) is 37.7 Å². The monoisotopic (exact) mass is 214 g/mol. The molecule has 0 unspecified atom stereocenters. The summed E-state index contributed by atoms with van der Waals surface area (Å²) in [6.07, 6.45) is 0.686. The van der Waals surface area contributed by atoms with Crippen LogP contribution in [0, 0.1) is 11.6 Å². The Bertz CT molecular complexity index is 360. The van der Waals surface area contributed by atoms with Gasteiger partial charge in [0.1, 0.15) is 11.6 Å². The zero-order valence-electron chi connectivity index (χ0n) is 8.17. The maximum atomic E-state index is 13.4. The van der Waals surface area contributed by atoms with E-state index in [1.807, 2.05) is 0 Å². The molecule has 4 heteroatoms. The number of rotatable bonds is 1. The lowest BCUT2D eigenvalue weighted by Crippen LogP contribution is -2.34. The molecule has 0 radical (unpaired) electrons. The smallest absolute Gasteiger partial charge is 0.132 e. The lowest BCUT2D eigenvalue weighted by atomic mass is 9.86. The van der Waals surface area contributed by atoms with Crippen LogP contribution in [0.25, 0.3) is 0 Å². The first-order chi connectivity index (χ1) is 7.12. The Hall–Kier alpha value is -1.00. The van der Waals surface area contributed by atoms with Gasteiger partial charge in [-0.05, 0) is 6.07 Å². The summed E-state index contributed by atoms with van der Waals surface area (Å²) in [4.78, 5) is 0. The molecule has 2 nitrogen and oxygen atoms in total. The van der Waals surface area contributed by atoms with Crippen molar-refractivity contribution in [3.8, 4) is 0 Å². The van der Waals surface area contributed by atoms with Gasteiger partial charge in [0.25, 0.3) is 0 Å². The van der Waals surface area contributed by atoms with Crippen molar-refractivity contribution < 1.29 is 18.6 Å². The van der Waals surface area contributed by atoms with Gasteiger partial charge in [-0.2, -0.15) is 0 Å². The van der Waals surface area contributed by atoms with E-state index < -0.39 is 17.2 Å². The fourth-order valence-electron chi connectivity index (χ4n) is 1.85. The van der Waals surface area contributed by atoms with Crippen molar-refractivity contribution >= 4 is 0 Å². The molecule has 0 spiro atoms. The highest BCUT2D eigenvalue weighted by Crippen LogP contribution is 2.33. The van der Waals surface area contributed by atoms with Gasteiger partial charge >= 0.3 is 0 Å². The largest absolute Gasteiger partial charge is 0.385 e. The molecular weight excluding hydrogens is 202 g/mol. The number of aliphatic hydroxyl groups is 1. The van der Waals surface area contributed by atoms with Gasteiger partial charge in [-0.3, -0.25) is 0 Å². The van der Waals surface area contributed by atoms with Gasteiger partial charge in [-0.1, -0.05) is 6.07 Å². The number of hydrogen-bond donors (Lipinski definition) is 1. The molecule has 1 aliphatic rings. The quantitative estimate of drug-likeness (QED) is 0.774. The molecule has 82 valence electrons. The zero-order valence-corrected chi connectivity index (χ0v) is 8.17. The lowest BCUT2D eigenvalue weighted by Gasteiger charge is -2.32. The fraction of sp³-hybridized carbons (Fsp3) is 0.455. The maximum Gasteiger partial charge on any atom is 0.132 e. The SMILES string of the molecule is OC1(c2ccc(F)cc2F)CCOCC1. The Morgan fingerprint density at radius 3 is 2.47 bits per heavy atom. The molecule has 0 bridgehead atoms. The van der Waals surface area contributed by atoms with Crippen molar-refractivity contribution in [2.75, 3.05) is 13.2 Å². The van der Waals surface area contributed by atoms with Crippen molar-refractivity contribution in [2.45, 2.75) is 18.4 Å². The Balaban J connectivity index is 2.35. The van der Waals surface area contributed by atoms with Crippen LogP contribution in [0.4, 0.5) is 8.78 Å². The van der Waals surface area contributed by atoms with E-state index in [0.29, 0.717) is 26.1 Å². The molecule has 1 heterocycles. The zero-order chi connectivity index (χ0) is 10.9. The molecule has 0 aromatic heterocycles. The summed E-state index contributed by atoms with van der Waals surface area (Å²) < 4.78 is 31.2. The molecule has 15 heavy (non-hydrogen) atoms. The van der Waals surface area contributed by atoms with Gasteiger partial charge < -0.3 is 9.84 Å². The third-order valence-corrected chi connectivity index (χ3v) is 2.75. The molecule has 1 aromatic carbocycles. The molecule has 1 fully saturated rings. The van der Waals surface area contributed by atoms with E-state index in [0.717, 1.165) is 12.1 Å². The van der Waals surface area contributed by atoms with E-state index in [1.54, 1.807) is 0 Å². The van der Waals surface area contributed by atoms with Crippen molar-refractivity contribution in [2.24, 2.45) is 0 Å². The minimum Gasteiger partial charge on any atom is -0.385 e. The van der Waals surface area contributed by atoms with Crippen LogP contribution < -0.4 is 0 Å². The van der Waals surface area contributed by atoms with E-state index in [4.69, 9.17) is 4.74 Å². The predicted molar refractivity (Wildman–Crippen MR) is 50.3 cm³/mol. The van der Waals surface area contributed by atoms with E-state index >= 15 is 0 Å². The van der Waals surface area contributed by atoms with Crippen molar-refractivity contribution in [1.29, 1.82) is 0 Å². The summed E-state index contributed by atoms with van der Waals surface area (Å²) in [7, 11) is 0. The summed E-state index contributed by atoms with van der Waals surface area (Å²) in [5.41, 5.74) is -1.05. The van der Waals surface area contributed by atoms with Crippen molar-refractivity contribution in [1.82, 2.24) is 0 Å². The van der Waals surface area contributed by atoms with E-state index in [9.17, 15) is 13.9 Å². The Morgan fingerprint density at radius 1 is 1.20 bits per heavy atom. The van der Waals surface area contributed by atoms with Crippen LogP contribution in [0.15, 0.2) is 18.2 Å². The molecule has 1 saturated heterocycles. The topological polar surface area (TPSA) is 29.5 Å². The first kappa shape index (κ1) is 10.5. The summed E-state index contributed by atoms with van der Waals surface area (Å²) in [6.45, 7) is 0.792. The second kappa shape index (κ2) is 3.87. The van der Waals surface area contributed by atoms with Crippen LogP contribution in [0.5, 0.6) is 0 Å². The number of benzene rings is 1. The van der Waals surface area contributed by atoms with E-state index in [2.05, 4.69) is 0 Å². The van der Waals surface area contributed by atoms with Gasteiger partial charge in [0.2, 0.25) is 0 Å². The first-order valence-corrected chi connectivity index (χ1v) is 4.87. The molecular formula is C11H12F2O2. The summed E-state index contributed by atoms with van der Waals surface area (Å²) in [5.74, 6) is -1.33. The minimum atomic E-state index is -1.21. The van der Waals surface area contributed by atoms with Crippen molar-refractivity contribution in [3.05, 3.63) is 35.4 Å². The van der Waals surface area contributed by atoms with Crippen LogP contribution in [0.3, 0.4) is 0 Å². The number of ether oxygens (including phenoxy) is 1. The average Bonchev–Trinajstić information content (AvgIpc) is 2.18. The van der Waals surface area contributed by atoms with E-state index in [-0.39, 0.29) is 5.56 Å². The lowest BCUT2D eigenvalue weighted by molar-refractivity contribution is -0.0698. The molecule has 1 aromatic rings. The van der Waals surface area contributed by atoms with Crippen LogP contribution in [0.1, 0.15) is 18.4 Å². The van der Waals surface area contributed by atoms with Crippen LogP contribution >= 0.6 is 0 Å². The molecule has 2 rings (SSSR count). The second-order valence-electron chi connectivity index (χ2n) is 3.77. The Labute approximate surface area is 86.5 Å². The fourth-order valence-corrected chi connectivity index (χ4v) is 1.85. The predicted octanol–water partition coefficient (Wildman–Crippen LogP) is 1.96. The third kappa shape index (κ3) is 2.01. The molecule has 1 N–H and O–H groups in total. The van der Waals surface area contributed by atoms with Crippen LogP contribution in [-0.2, 0) is 10.3 Å². The van der Waals surface area contributed by atoms with E-state index in [1.165, 1.54) is 6.07 Å². The average molecular weight is 214 g/mol. The molecule has 0 atom stereocenters. The highest BCUT2D eigenvalue weighted by atomic mass is 19.1. The summed E-state index contributed by atoms with van der Waals surface area (Å²) in [5, 5.41) is 10.2. The highest BCUT2D eigenvalue weighted by molar-refractivity contribution is 5.25. The standard InChI is InChI=1S/C11H12F2O2/c12-8-1-2-9(10(13)7-8)11(14)3-5-15-6-4-11/h1-2,7,14H,3-6H2. The molecule has 0 aliphatic carbocycles. The van der Waals surface area contributed by atoms with Gasteiger partial charge in [-0.25, -0.2) is 8.78 Å². The number of halogens is 2. The Morgan fingerprint density at radius 2 is 1.87 bits per heavy atom. The Kier molecular flexibility index (Phi) is 2.71. The highest BCUT2D eigenvalue weighted by Gasteiger charge is 2.34. The second-order valence-corrected chi connectivity index (χ2v) is 3.77. The van der Waals surface area contributed by atoms with Gasteiger partial charge in [0.15, 0.2) is 0 Å². The van der Waals surface area contributed by atoms with Gasteiger partial charge in [-0.15, -0.1) is 0 Å². The van der Waals surface area contributed by atoms with Gasteiger partial charge in [0.05, 0.1) is 5.60 Å². The summed E-state index contributed by atoms with van der Waals surface area (Å²) >= 11 is 0. The minimum absolute atomic E-state index is 0.159.